The number of likely N-dealkylation sites (tertiary alicyclic amines) is 1. The second-order valence-corrected chi connectivity index (χ2v) is 7.96. The van der Waals surface area contributed by atoms with E-state index in [1.165, 1.54) is 10.3 Å². The van der Waals surface area contributed by atoms with Crippen molar-refractivity contribution < 1.29 is 4.79 Å². The molecule has 1 atom stereocenters. The lowest BCUT2D eigenvalue weighted by Crippen LogP contribution is -2.39. The van der Waals surface area contributed by atoms with Crippen LogP contribution in [0.4, 0.5) is 5.69 Å². The number of anilines is 1. The van der Waals surface area contributed by atoms with Gasteiger partial charge in [0, 0.05) is 25.2 Å². The zero-order chi connectivity index (χ0) is 17.9. The normalized spacial score (nSPS) is 15.3. The molecule has 4 nitrogen and oxygen atoms in total. The first-order chi connectivity index (χ1) is 12.7. The van der Waals surface area contributed by atoms with Gasteiger partial charge in [-0.3, -0.25) is 4.79 Å². The van der Waals surface area contributed by atoms with Crippen LogP contribution in [0.3, 0.4) is 0 Å². The molecule has 0 spiro atoms. The zero-order valence-electron chi connectivity index (χ0n) is 14.9. The fraction of sp³-hybridized carbons (Fsp3) is 0.333. The summed E-state index contributed by atoms with van der Waals surface area (Å²) in [7, 11) is 0. The van der Waals surface area contributed by atoms with Gasteiger partial charge in [-0.2, -0.15) is 0 Å². The molecule has 2 heterocycles. The highest BCUT2D eigenvalue weighted by Gasteiger charge is 2.22. The van der Waals surface area contributed by atoms with Crippen LogP contribution in [0.5, 0.6) is 0 Å². The fourth-order valence-corrected chi connectivity index (χ4v) is 4.41. The summed E-state index contributed by atoms with van der Waals surface area (Å²) in [5.41, 5.74) is 3.28. The highest BCUT2D eigenvalue weighted by atomic mass is 32.1. The van der Waals surface area contributed by atoms with Crippen molar-refractivity contribution in [3.05, 3.63) is 59.1 Å². The number of fused-ring (bicyclic) bond motifs is 1. The Bertz CT molecular complexity index is 864. The Hall–Kier alpha value is -2.40. The molecule has 0 unspecified atom stereocenters. The van der Waals surface area contributed by atoms with Gasteiger partial charge in [-0.15, -0.1) is 11.3 Å². The van der Waals surface area contributed by atoms with Gasteiger partial charge in [0.15, 0.2) is 0 Å². The number of hydrogen-bond acceptors (Lipinski definition) is 4. The summed E-state index contributed by atoms with van der Waals surface area (Å²) >= 11 is 1.75. The van der Waals surface area contributed by atoms with E-state index in [-0.39, 0.29) is 11.9 Å². The Morgan fingerprint density at radius 2 is 1.88 bits per heavy atom. The van der Waals surface area contributed by atoms with Crippen LogP contribution in [-0.4, -0.2) is 34.9 Å². The molecule has 26 heavy (non-hydrogen) atoms. The Morgan fingerprint density at radius 3 is 2.62 bits per heavy atom. The van der Waals surface area contributed by atoms with Gasteiger partial charge >= 0.3 is 0 Å². The highest BCUT2D eigenvalue weighted by Crippen LogP contribution is 2.24. The van der Waals surface area contributed by atoms with E-state index in [1.54, 1.807) is 11.3 Å². The number of benzene rings is 2. The fourth-order valence-electron chi connectivity index (χ4n) is 3.41. The van der Waals surface area contributed by atoms with E-state index in [0.29, 0.717) is 0 Å². The molecular weight excluding hydrogens is 342 g/mol. The number of carbonyl (C=O) groups is 1. The second kappa shape index (κ2) is 7.46. The van der Waals surface area contributed by atoms with Gasteiger partial charge in [0.1, 0.15) is 6.04 Å². The van der Waals surface area contributed by atoms with E-state index < -0.39 is 0 Å². The van der Waals surface area contributed by atoms with E-state index in [9.17, 15) is 4.79 Å². The maximum Gasteiger partial charge on any atom is 0.244 e. The van der Waals surface area contributed by atoms with E-state index in [0.717, 1.165) is 48.6 Å². The Morgan fingerprint density at radius 1 is 1.15 bits per heavy atom. The smallest absolute Gasteiger partial charge is 0.244 e. The minimum atomic E-state index is -0.191. The van der Waals surface area contributed by atoms with Crippen LogP contribution < -0.4 is 5.32 Å². The Balaban J connectivity index is 1.39. The lowest BCUT2D eigenvalue weighted by atomic mass is 10.1. The van der Waals surface area contributed by atoms with Crippen LogP contribution in [0, 0.1) is 0 Å². The predicted octanol–water partition coefficient (Wildman–Crippen LogP) is 4.31. The van der Waals surface area contributed by atoms with E-state index in [4.69, 9.17) is 4.98 Å². The van der Waals surface area contributed by atoms with Gasteiger partial charge < -0.3 is 10.2 Å². The molecule has 5 heteroatoms. The third kappa shape index (κ3) is 3.73. The molecule has 1 amide bonds. The number of carbonyl (C=O) groups excluding carboxylic acids is 1. The minimum Gasteiger partial charge on any atom is -0.374 e. The van der Waals surface area contributed by atoms with Crippen molar-refractivity contribution in [2.45, 2.75) is 32.2 Å². The van der Waals surface area contributed by atoms with E-state index in [2.05, 4.69) is 47.8 Å². The SMILES string of the molecule is C[C@@H](Nc1ccc(Cc2nc3ccccc3s2)cc1)C(=O)N1CCCC1. The van der Waals surface area contributed by atoms with Crippen LogP contribution in [0.25, 0.3) is 10.2 Å². The topological polar surface area (TPSA) is 45.2 Å². The summed E-state index contributed by atoms with van der Waals surface area (Å²) in [6.07, 6.45) is 3.08. The first kappa shape index (κ1) is 17.0. The van der Waals surface area contributed by atoms with Crippen molar-refractivity contribution in [1.82, 2.24) is 9.88 Å². The monoisotopic (exact) mass is 365 g/mol. The average molecular weight is 366 g/mol. The first-order valence-electron chi connectivity index (χ1n) is 9.18. The summed E-state index contributed by atoms with van der Waals surface area (Å²) in [6, 6.07) is 16.4. The van der Waals surface area contributed by atoms with Gasteiger partial charge in [-0.1, -0.05) is 24.3 Å². The standard InChI is InChI=1S/C21H23N3OS/c1-15(21(25)24-12-4-5-13-24)22-17-10-8-16(9-11-17)14-20-23-18-6-2-3-7-19(18)26-20/h2-3,6-11,15,22H,4-5,12-14H2,1H3/t15-/m1/s1. The number of rotatable bonds is 5. The van der Waals surface area contributed by atoms with Gasteiger partial charge in [0.2, 0.25) is 5.91 Å². The molecule has 2 aromatic carbocycles. The largest absolute Gasteiger partial charge is 0.374 e. The summed E-state index contributed by atoms with van der Waals surface area (Å²) in [4.78, 5) is 19.1. The van der Waals surface area contributed by atoms with Crippen LogP contribution in [0.2, 0.25) is 0 Å². The van der Waals surface area contributed by atoms with Crippen molar-refractivity contribution >= 4 is 33.1 Å². The molecule has 1 aliphatic heterocycles. The lowest BCUT2D eigenvalue weighted by Gasteiger charge is -2.22. The molecule has 0 saturated carbocycles. The van der Waals surface area contributed by atoms with Gasteiger partial charge in [-0.25, -0.2) is 4.98 Å². The molecule has 3 aromatic rings. The molecule has 0 radical (unpaired) electrons. The molecule has 1 fully saturated rings. The molecule has 134 valence electrons. The number of para-hydroxylation sites is 1. The molecule has 1 saturated heterocycles. The number of aromatic nitrogens is 1. The van der Waals surface area contributed by atoms with Crippen molar-refractivity contribution in [2.75, 3.05) is 18.4 Å². The summed E-state index contributed by atoms with van der Waals surface area (Å²) in [5.74, 6) is 0.195. The number of nitrogens with one attached hydrogen (secondary N) is 1. The number of thiazole rings is 1. The van der Waals surface area contributed by atoms with E-state index >= 15 is 0 Å². The van der Waals surface area contributed by atoms with Crippen molar-refractivity contribution in [1.29, 1.82) is 0 Å². The van der Waals surface area contributed by atoms with Gasteiger partial charge in [-0.05, 0) is 49.6 Å². The van der Waals surface area contributed by atoms with Crippen molar-refractivity contribution in [3.8, 4) is 0 Å². The van der Waals surface area contributed by atoms with Gasteiger partial charge in [0.25, 0.3) is 0 Å². The summed E-state index contributed by atoms with van der Waals surface area (Å²) < 4.78 is 1.23. The van der Waals surface area contributed by atoms with Crippen LogP contribution in [-0.2, 0) is 11.2 Å². The summed E-state index contributed by atoms with van der Waals surface area (Å²) in [5, 5.41) is 4.46. The maximum absolute atomic E-state index is 12.4. The van der Waals surface area contributed by atoms with Crippen LogP contribution in [0.1, 0.15) is 30.3 Å². The first-order valence-corrected chi connectivity index (χ1v) is 9.99. The highest BCUT2D eigenvalue weighted by molar-refractivity contribution is 7.18. The molecule has 4 rings (SSSR count). The number of hydrogen-bond donors (Lipinski definition) is 1. The third-order valence-electron chi connectivity index (χ3n) is 4.82. The molecule has 0 bridgehead atoms. The molecule has 1 aliphatic rings. The number of amides is 1. The van der Waals surface area contributed by atoms with Crippen molar-refractivity contribution in [3.63, 3.8) is 0 Å². The van der Waals surface area contributed by atoms with Gasteiger partial charge in [0.05, 0.1) is 15.2 Å². The van der Waals surface area contributed by atoms with Crippen LogP contribution >= 0.6 is 11.3 Å². The van der Waals surface area contributed by atoms with Crippen molar-refractivity contribution in [2.24, 2.45) is 0 Å². The predicted molar refractivity (Wildman–Crippen MR) is 108 cm³/mol. The lowest BCUT2D eigenvalue weighted by molar-refractivity contribution is -0.130. The maximum atomic E-state index is 12.4. The Kier molecular flexibility index (Phi) is 4.89. The average Bonchev–Trinajstić information content (AvgIpc) is 3.31. The minimum absolute atomic E-state index is 0.191. The van der Waals surface area contributed by atoms with Crippen LogP contribution in [0.15, 0.2) is 48.5 Å². The third-order valence-corrected chi connectivity index (χ3v) is 5.86. The Labute approximate surface area is 157 Å². The zero-order valence-corrected chi connectivity index (χ0v) is 15.8. The molecular formula is C21H23N3OS. The van der Waals surface area contributed by atoms with E-state index in [1.807, 2.05) is 17.9 Å². The number of nitrogens with zero attached hydrogens (tertiary/aromatic N) is 2. The molecule has 1 aromatic heterocycles. The summed E-state index contributed by atoms with van der Waals surface area (Å²) in [6.45, 7) is 3.73. The molecule has 1 N–H and O–H groups in total. The molecule has 0 aliphatic carbocycles. The second-order valence-electron chi connectivity index (χ2n) is 6.85. The quantitative estimate of drug-likeness (QED) is 0.733.